The Labute approximate surface area is 506 Å². The summed E-state index contributed by atoms with van der Waals surface area (Å²) in [5.74, 6) is 0.790. The van der Waals surface area contributed by atoms with Crippen molar-refractivity contribution in [3.8, 4) is 23.4 Å². The van der Waals surface area contributed by atoms with Gasteiger partial charge in [-0.3, -0.25) is 9.59 Å². The molecule has 464 valence electrons. The summed E-state index contributed by atoms with van der Waals surface area (Å²) in [6.07, 6.45) is -3.04. The second-order valence-electron chi connectivity index (χ2n) is 23.1. The second-order valence-corrected chi connectivity index (χ2v) is 26.5. The van der Waals surface area contributed by atoms with Crippen LogP contribution in [0.3, 0.4) is 0 Å². The number of aromatic nitrogens is 6. The molecule has 10 rings (SSSR count). The number of nitrogens with zero attached hydrogens (tertiary/aromatic N) is 7. The number of pyridine rings is 2. The van der Waals surface area contributed by atoms with Gasteiger partial charge >= 0.3 is 12.4 Å². The molecule has 2 aliphatic carbocycles. The van der Waals surface area contributed by atoms with Crippen LogP contribution in [0.1, 0.15) is 119 Å². The fourth-order valence-corrected chi connectivity index (χ4v) is 12.3. The van der Waals surface area contributed by atoms with Gasteiger partial charge in [-0.2, -0.15) is 26.3 Å². The molecule has 85 heavy (non-hydrogen) atoms. The zero-order valence-corrected chi connectivity index (χ0v) is 51.8. The number of alkyl halides is 6. The van der Waals surface area contributed by atoms with Crippen molar-refractivity contribution in [3.05, 3.63) is 126 Å². The number of rotatable bonds is 17. The van der Waals surface area contributed by atoms with E-state index in [0.29, 0.717) is 35.5 Å². The van der Waals surface area contributed by atoms with Crippen LogP contribution >= 0.6 is 24.0 Å². The third kappa shape index (κ3) is 16.6. The third-order valence-electron chi connectivity index (χ3n) is 15.3. The van der Waals surface area contributed by atoms with E-state index in [1.165, 1.54) is 89.2 Å². The summed E-state index contributed by atoms with van der Waals surface area (Å²) in [5.41, 5.74) is -2.84. The highest BCUT2D eigenvalue weighted by molar-refractivity contribution is 14.0. The molecule has 6 aromatic rings. The average Bonchev–Trinajstić information content (AvgIpc) is 2.40. The Bertz CT molecular complexity index is 3510. The summed E-state index contributed by atoms with van der Waals surface area (Å²) in [7, 11) is -8.16. The molecule has 4 aromatic heterocycles. The number of ether oxygens (including phenoxy) is 2. The molecule has 2 saturated heterocycles. The number of amides is 2. The van der Waals surface area contributed by atoms with E-state index in [1.54, 1.807) is 49.5 Å². The van der Waals surface area contributed by atoms with Crippen LogP contribution in [0, 0.1) is 29.6 Å². The average molecular weight is 1350 g/mol. The Morgan fingerprint density at radius 1 is 0.635 bits per heavy atom. The second kappa shape index (κ2) is 26.3. The van der Waals surface area contributed by atoms with E-state index in [0.717, 1.165) is 12.3 Å². The number of halogens is 8. The van der Waals surface area contributed by atoms with E-state index in [1.807, 2.05) is 23.5 Å². The molecule has 2 aliphatic heterocycles. The number of carbonyl (C=O) groups excluding carboxylic acids is 2. The van der Waals surface area contributed by atoms with E-state index in [9.17, 15) is 52.8 Å². The summed E-state index contributed by atoms with van der Waals surface area (Å²) in [4.78, 5) is 36.8. The maximum atomic E-state index is 13.4. The lowest BCUT2D eigenvalue weighted by Gasteiger charge is -2.34. The largest absolute Gasteiger partial charge is 1.00 e. The third-order valence-corrected chi connectivity index (χ3v) is 18.0. The predicted molar refractivity (Wildman–Crippen MR) is 312 cm³/mol. The van der Waals surface area contributed by atoms with Crippen LogP contribution in [0.4, 0.5) is 32.2 Å². The normalized spacial score (nSPS) is 18.9. The van der Waals surface area contributed by atoms with Crippen molar-refractivity contribution in [2.75, 3.05) is 31.2 Å². The van der Waals surface area contributed by atoms with Gasteiger partial charge in [-0.1, -0.05) is 50.2 Å². The van der Waals surface area contributed by atoms with Gasteiger partial charge in [0.05, 0.1) is 50.7 Å². The molecular formula is C57H69F7IN10O8S2-. The van der Waals surface area contributed by atoms with Gasteiger partial charge in [0.15, 0.2) is 11.6 Å². The van der Waals surface area contributed by atoms with Crippen LogP contribution < -0.4 is 33.8 Å². The molecule has 28 heteroatoms. The Hall–Kier alpha value is -6.40. The summed E-state index contributed by atoms with van der Waals surface area (Å²) in [6, 6.07) is 24.0. The zero-order chi connectivity index (χ0) is 60.4. The van der Waals surface area contributed by atoms with Crippen molar-refractivity contribution in [1.29, 1.82) is 0 Å². The lowest BCUT2D eigenvalue weighted by molar-refractivity contribution is -0.190. The monoisotopic (exact) mass is 1350 g/mol. The van der Waals surface area contributed by atoms with Crippen molar-refractivity contribution in [1.82, 2.24) is 44.3 Å². The lowest BCUT2D eigenvalue weighted by Crippen LogP contribution is -3.00. The van der Waals surface area contributed by atoms with Gasteiger partial charge in [-0.05, 0) is 153 Å². The minimum absolute atomic E-state index is 0. The number of benzene rings is 2. The van der Waals surface area contributed by atoms with Gasteiger partial charge < -0.3 is 24.4 Å². The van der Waals surface area contributed by atoms with Crippen LogP contribution in [-0.4, -0.2) is 108 Å². The van der Waals surface area contributed by atoms with Crippen molar-refractivity contribution >= 4 is 61.7 Å². The maximum absolute atomic E-state index is 13.4. The van der Waals surface area contributed by atoms with Crippen LogP contribution in [0.5, 0.6) is 11.8 Å². The van der Waals surface area contributed by atoms with E-state index in [2.05, 4.69) is 52.9 Å². The van der Waals surface area contributed by atoms with E-state index >= 15 is 0 Å². The summed E-state index contributed by atoms with van der Waals surface area (Å²) < 4.78 is 147. The van der Waals surface area contributed by atoms with Crippen molar-refractivity contribution in [2.24, 2.45) is 22.7 Å². The molecule has 0 bridgehead atoms. The molecule has 3 N–H and O–H groups in total. The summed E-state index contributed by atoms with van der Waals surface area (Å²) in [5, 5.41) is 11.9. The minimum atomic E-state index is -4.24. The van der Waals surface area contributed by atoms with E-state index in [4.69, 9.17) is 14.5 Å². The Balaban J connectivity index is 0.000000238. The number of hydrogen-bond acceptors (Lipinski definition) is 14. The Morgan fingerprint density at radius 2 is 1.07 bits per heavy atom. The van der Waals surface area contributed by atoms with Gasteiger partial charge in [0.1, 0.15) is 5.82 Å². The molecule has 0 unspecified atom stereocenters. The Kier molecular flexibility index (Phi) is 20.9. The standard InChI is InChI=1S/C28H32F3N5O4S.C22H21F3N4O4S.C7H15N.FH.HI/c1-19-17-26(2,3)35(18-19)24-21(25(37)34-41(38,39)20-7-5-4-6-8-20)9-10-22(32-24)36-15-11-23(33-36)40-16-14-27(12-13-27)28(29,30)31;1-15-17(20(30)28-34(31,32)16-5-3-2-4-6-16)7-8-18(26-15)29-13-9-19(27-29)33-14-12-21(10-11-21)22(23,24)25;1-6-4-7(2,3)8-5-6;;/h4-11,15,19H,12-14,16-18H2,1-3H3,(H,34,37);2-9,13H,10-12,14H2,1H3,(H,28,30);6,8H,4-5H2,1-3H3;2*1H/p-1/t19-;;6-;;/m0.0../s1. The molecule has 6 heterocycles. The molecule has 2 atom stereocenters. The molecular weight excluding hydrogens is 1280 g/mol. The van der Waals surface area contributed by atoms with Gasteiger partial charge in [-0.15, -0.1) is 34.2 Å². The Morgan fingerprint density at radius 3 is 1.44 bits per heavy atom. The van der Waals surface area contributed by atoms with Crippen LogP contribution in [0.15, 0.2) is 119 Å². The summed E-state index contributed by atoms with van der Waals surface area (Å²) >= 11 is 0. The lowest BCUT2D eigenvalue weighted by atomic mass is 9.97. The highest BCUT2D eigenvalue weighted by Gasteiger charge is 2.63. The summed E-state index contributed by atoms with van der Waals surface area (Å²) in [6.45, 7) is 16.1. The van der Waals surface area contributed by atoms with E-state index in [-0.39, 0.29) is 124 Å². The molecule has 4 fully saturated rings. The van der Waals surface area contributed by atoms with Crippen molar-refractivity contribution < 1.29 is 66.9 Å². The van der Waals surface area contributed by atoms with Gasteiger partial charge in [0.25, 0.3) is 31.9 Å². The fourth-order valence-electron chi connectivity index (χ4n) is 10.3. The number of anilines is 1. The minimum Gasteiger partial charge on any atom is -1.00 e. The number of hydrogen-bond donors (Lipinski definition) is 3. The van der Waals surface area contributed by atoms with Crippen LogP contribution in [0.2, 0.25) is 0 Å². The number of aryl methyl sites for hydroxylation is 1. The molecule has 0 radical (unpaired) electrons. The molecule has 2 saturated carbocycles. The zero-order valence-electron chi connectivity index (χ0n) is 47.8. The highest BCUT2D eigenvalue weighted by atomic mass is 127. The quantitative estimate of drug-likeness (QED) is 0.0583. The topological polar surface area (TPSA) is 222 Å². The number of sulfonamides is 2. The SMILES string of the molecule is C[C@@H]1CN(c2nc(-n3ccc(OCCC4(C(F)(F)F)CC4)n3)ccc2C(=O)NS(=O)(=O)c2ccccc2)C(C)(C)C1.C[C@@H]1CNC(C)(C)C1.Cc1nc(-n2ccc(OCCC3(C(F)(F)F)CC3)n2)ccc1C(=O)NS(=O)(=O)c1ccccc1.I.[F-]. The maximum Gasteiger partial charge on any atom is 0.394 e. The molecule has 0 spiro atoms. The smallest absolute Gasteiger partial charge is 0.394 e. The first-order valence-electron chi connectivity index (χ1n) is 27.1. The van der Waals surface area contributed by atoms with Crippen LogP contribution in [0.25, 0.3) is 11.6 Å². The number of carbonyl (C=O) groups is 2. The van der Waals surface area contributed by atoms with Gasteiger partial charge in [-0.25, -0.2) is 45.6 Å². The highest BCUT2D eigenvalue weighted by Crippen LogP contribution is 2.60. The first-order valence-corrected chi connectivity index (χ1v) is 30.1. The molecule has 2 aromatic carbocycles. The van der Waals surface area contributed by atoms with Gasteiger partial charge in [0.2, 0.25) is 11.8 Å². The van der Waals surface area contributed by atoms with Crippen LogP contribution in [-0.2, 0) is 20.0 Å². The molecule has 4 aliphatic rings. The van der Waals surface area contributed by atoms with Crippen molar-refractivity contribution in [3.63, 3.8) is 0 Å². The predicted octanol–water partition coefficient (Wildman–Crippen LogP) is 7.94. The fraction of sp³-hybridized carbons (Fsp3) is 0.474. The molecule has 18 nitrogen and oxygen atoms in total. The molecule has 2 amide bonds. The first-order chi connectivity index (χ1) is 38.8. The van der Waals surface area contributed by atoms with Gasteiger partial charge in [0, 0.05) is 42.1 Å². The van der Waals surface area contributed by atoms with E-state index < -0.39 is 55.0 Å². The number of nitrogens with one attached hydrogen (secondary N) is 3. The first kappa shape index (κ1) is 67.7. The van der Waals surface area contributed by atoms with Crippen molar-refractivity contribution in [2.45, 2.75) is 133 Å².